The van der Waals surface area contributed by atoms with Crippen molar-refractivity contribution in [1.29, 1.82) is 0 Å². The minimum absolute atomic E-state index is 0.0365. The maximum Gasteiger partial charge on any atom is 0.0582 e. The fraction of sp³-hybridized carbons (Fsp3) is 0.571. The lowest BCUT2D eigenvalue weighted by molar-refractivity contribution is 0.615. The van der Waals surface area contributed by atoms with Crippen molar-refractivity contribution >= 4 is 0 Å². The van der Waals surface area contributed by atoms with Crippen molar-refractivity contribution in [2.45, 2.75) is 18.4 Å². The number of nitrogens with two attached hydrogens (primary N) is 1. The Hall–Kier alpha value is -0.830. The van der Waals surface area contributed by atoms with Crippen LogP contribution in [0.2, 0.25) is 0 Å². The van der Waals surface area contributed by atoms with Gasteiger partial charge in [-0.05, 0) is 18.9 Å². The molecule has 3 nitrogen and oxygen atoms in total. The Balaban J connectivity index is 2.42. The van der Waals surface area contributed by atoms with Crippen LogP contribution in [0.3, 0.4) is 0 Å². The van der Waals surface area contributed by atoms with Gasteiger partial charge in [-0.15, -0.1) is 0 Å². The van der Waals surface area contributed by atoms with Crippen molar-refractivity contribution in [3.8, 4) is 0 Å². The fourth-order valence-electron chi connectivity index (χ4n) is 1.25. The highest BCUT2D eigenvalue weighted by Crippen LogP contribution is 2.41. The second kappa shape index (κ2) is 1.61. The third kappa shape index (κ3) is 0.671. The van der Waals surface area contributed by atoms with Crippen molar-refractivity contribution in [2.24, 2.45) is 12.8 Å². The molecule has 1 fully saturated rings. The summed E-state index contributed by atoms with van der Waals surface area (Å²) >= 11 is 0. The quantitative estimate of drug-likeness (QED) is 0.607. The average molecular weight is 137 g/mol. The Morgan fingerprint density at radius 3 is 2.80 bits per heavy atom. The van der Waals surface area contributed by atoms with E-state index in [9.17, 15) is 0 Å². The molecule has 0 amide bonds. The molecular formula is C7H11N3. The Morgan fingerprint density at radius 1 is 1.70 bits per heavy atom. The molecule has 0 aromatic carbocycles. The highest BCUT2D eigenvalue weighted by Gasteiger charge is 2.42. The molecule has 2 rings (SSSR count). The summed E-state index contributed by atoms with van der Waals surface area (Å²) in [4.78, 5) is 0. The van der Waals surface area contributed by atoms with Gasteiger partial charge in [0.15, 0.2) is 0 Å². The van der Waals surface area contributed by atoms with E-state index >= 15 is 0 Å². The van der Waals surface area contributed by atoms with E-state index < -0.39 is 0 Å². The van der Waals surface area contributed by atoms with Crippen LogP contribution in [0.4, 0.5) is 0 Å². The van der Waals surface area contributed by atoms with Crippen LogP contribution in [0, 0.1) is 0 Å². The molecule has 1 aliphatic carbocycles. The average Bonchev–Trinajstić information content (AvgIpc) is 2.44. The van der Waals surface area contributed by atoms with Crippen LogP contribution in [0.5, 0.6) is 0 Å². The summed E-state index contributed by atoms with van der Waals surface area (Å²) in [6.45, 7) is 0. The van der Waals surface area contributed by atoms with Gasteiger partial charge in [0.1, 0.15) is 0 Å². The largest absolute Gasteiger partial charge is 0.320 e. The van der Waals surface area contributed by atoms with E-state index in [1.807, 2.05) is 17.8 Å². The van der Waals surface area contributed by atoms with Gasteiger partial charge in [-0.25, -0.2) is 0 Å². The summed E-state index contributed by atoms with van der Waals surface area (Å²) in [5.41, 5.74) is 7.08. The molecule has 0 aliphatic heterocycles. The van der Waals surface area contributed by atoms with Gasteiger partial charge in [0.05, 0.1) is 11.2 Å². The maximum absolute atomic E-state index is 5.95. The van der Waals surface area contributed by atoms with Crippen LogP contribution in [0.1, 0.15) is 18.5 Å². The molecule has 0 saturated heterocycles. The minimum Gasteiger partial charge on any atom is -0.320 e. The zero-order valence-electron chi connectivity index (χ0n) is 6.04. The summed E-state index contributed by atoms with van der Waals surface area (Å²) in [7, 11) is 1.93. The Morgan fingerprint density at radius 2 is 2.40 bits per heavy atom. The summed E-state index contributed by atoms with van der Waals surface area (Å²) < 4.78 is 1.85. The van der Waals surface area contributed by atoms with Crippen LogP contribution in [0.25, 0.3) is 0 Å². The molecule has 54 valence electrons. The molecule has 0 bridgehead atoms. The van der Waals surface area contributed by atoms with Gasteiger partial charge in [0.2, 0.25) is 0 Å². The normalized spacial score (nSPS) is 21.0. The summed E-state index contributed by atoms with van der Waals surface area (Å²) in [5.74, 6) is 0. The predicted molar refractivity (Wildman–Crippen MR) is 38.3 cm³/mol. The predicted octanol–water partition coefficient (Wildman–Crippen LogP) is 0.368. The van der Waals surface area contributed by atoms with Gasteiger partial charge in [-0.1, -0.05) is 0 Å². The number of aryl methyl sites for hydroxylation is 1. The van der Waals surface area contributed by atoms with Crippen LogP contribution in [-0.4, -0.2) is 9.78 Å². The monoisotopic (exact) mass is 137 g/mol. The van der Waals surface area contributed by atoms with Gasteiger partial charge in [0.25, 0.3) is 0 Å². The van der Waals surface area contributed by atoms with E-state index in [2.05, 4.69) is 5.10 Å². The lowest BCUT2D eigenvalue weighted by Crippen LogP contribution is -2.22. The molecule has 3 heteroatoms. The topological polar surface area (TPSA) is 43.8 Å². The smallest absolute Gasteiger partial charge is 0.0582 e. The number of hydrogen-bond acceptors (Lipinski definition) is 2. The fourth-order valence-corrected chi connectivity index (χ4v) is 1.25. The molecule has 0 unspecified atom stereocenters. The number of hydrogen-bond donors (Lipinski definition) is 1. The Kier molecular flexibility index (Phi) is 0.951. The first-order chi connectivity index (χ1) is 4.72. The van der Waals surface area contributed by atoms with Gasteiger partial charge in [-0.3, -0.25) is 4.68 Å². The van der Waals surface area contributed by atoms with Crippen molar-refractivity contribution in [3.63, 3.8) is 0 Å². The first-order valence-electron chi connectivity index (χ1n) is 3.50. The first-order valence-corrected chi connectivity index (χ1v) is 3.50. The van der Waals surface area contributed by atoms with Gasteiger partial charge in [-0.2, -0.15) is 5.10 Å². The van der Waals surface area contributed by atoms with E-state index in [0.29, 0.717) is 0 Å². The minimum atomic E-state index is -0.0365. The number of aromatic nitrogens is 2. The molecule has 1 aromatic heterocycles. The van der Waals surface area contributed by atoms with Gasteiger partial charge >= 0.3 is 0 Å². The van der Waals surface area contributed by atoms with Crippen molar-refractivity contribution in [3.05, 3.63) is 18.0 Å². The number of nitrogens with zero attached hydrogens (tertiary/aromatic N) is 2. The van der Waals surface area contributed by atoms with Gasteiger partial charge in [0, 0.05) is 13.2 Å². The zero-order valence-corrected chi connectivity index (χ0v) is 6.04. The Labute approximate surface area is 59.8 Å². The van der Waals surface area contributed by atoms with Crippen LogP contribution in [-0.2, 0) is 12.6 Å². The van der Waals surface area contributed by atoms with E-state index in [1.165, 1.54) is 0 Å². The maximum atomic E-state index is 5.95. The highest BCUT2D eigenvalue weighted by molar-refractivity contribution is 5.20. The van der Waals surface area contributed by atoms with E-state index in [0.717, 1.165) is 18.5 Å². The third-order valence-electron chi connectivity index (χ3n) is 2.12. The molecule has 10 heavy (non-hydrogen) atoms. The molecule has 1 saturated carbocycles. The van der Waals surface area contributed by atoms with E-state index in [4.69, 9.17) is 5.73 Å². The van der Waals surface area contributed by atoms with E-state index in [1.54, 1.807) is 6.20 Å². The molecule has 2 N–H and O–H groups in total. The summed E-state index contributed by atoms with van der Waals surface area (Å²) in [5, 5.41) is 4.06. The standard InChI is InChI=1S/C7H11N3/c1-10-6(2-5-9-10)7(8)3-4-7/h2,5H,3-4,8H2,1H3. The van der Waals surface area contributed by atoms with Gasteiger partial charge < -0.3 is 5.73 Å². The Bertz CT molecular complexity index is 247. The summed E-state index contributed by atoms with van der Waals surface area (Å²) in [6.07, 6.45) is 4.00. The van der Waals surface area contributed by atoms with Crippen molar-refractivity contribution < 1.29 is 0 Å². The lowest BCUT2D eigenvalue weighted by atomic mass is 10.2. The van der Waals surface area contributed by atoms with Crippen LogP contribution in [0.15, 0.2) is 12.3 Å². The van der Waals surface area contributed by atoms with Crippen molar-refractivity contribution in [1.82, 2.24) is 9.78 Å². The molecule has 0 spiro atoms. The third-order valence-corrected chi connectivity index (χ3v) is 2.12. The second-order valence-electron chi connectivity index (χ2n) is 3.00. The first kappa shape index (κ1) is 5.92. The SMILES string of the molecule is Cn1nccc1C1(N)CC1. The molecule has 0 radical (unpaired) electrons. The molecular weight excluding hydrogens is 126 g/mol. The van der Waals surface area contributed by atoms with Crippen LogP contribution < -0.4 is 5.73 Å². The van der Waals surface area contributed by atoms with E-state index in [-0.39, 0.29) is 5.54 Å². The number of rotatable bonds is 1. The summed E-state index contributed by atoms with van der Waals surface area (Å²) in [6, 6.07) is 1.99. The molecule has 1 heterocycles. The van der Waals surface area contributed by atoms with Crippen molar-refractivity contribution in [2.75, 3.05) is 0 Å². The zero-order chi connectivity index (χ0) is 7.19. The lowest BCUT2D eigenvalue weighted by Gasteiger charge is -2.07. The highest BCUT2D eigenvalue weighted by atomic mass is 15.3. The molecule has 1 aliphatic rings. The van der Waals surface area contributed by atoms with Crippen LogP contribution >= 0.6 is 0 Å². The molecule has 1 aromatic rings. The second-order valence-corrected chi connectivity index (χ2v) is 3.00. The molecule has 0 atom stereocenters.